The first kappa shape index (κ1) is 27.3. The number of carbonyl (C=O) groups is 1. The maximum atomic E-state index is 14.3. The zero-order valence-corrected chi connectivity index (χ0v) is 22.7. The lowest BCUT2D eigenvalue weighted by atomic mass is 9.84. The molecule has 0 aromatic carbocycles. The maximum absolute atomic E-state index is 14.3. The largest absolute Gasteiger partial charge is 0.404 e. The summed E-state index contributed by atoms with van der Waals surface area (Å²) < 4.78 is 34.7. The van der Waals surface area contributed by atoms with Crippen molar-refractivity contribution in [3.63, 3.8) is 0 Å². The standard InChI is InChI=1S/C28H37F2N7O2/c1-4-6-21-22(36-15-20(16-36)34-8-10-35(11-9-34)24(38)5-2)13-23(33-25(21)27(29)30)37-17-28(18-37)26(19(3)14-31)32-7-12-39-28/h4-6,13-14,20,27H,2,7-12,15-18,31H2,1,3H3/b6-4-,19-14-. The fourth-order valence-corrected chi connectivity index (χ4v) is 5.94. The molecular formula is C28H37F2N7O2. The molecule has 0 saturated carbocycles. The number of carbonyl (C=O) groups excluding carboxylic acids is 1. The van der Waals surface area contributed by atoms with E-state index < -0.39 is 12.0 Å². The Hall–Kier alpha value is -3.31. The molecule has 3 saturated heterocycles. The number of pyridine rings is 1. The summed E-state index contributed by atoms with van der Waals surface area (Å²) >= 11 is 0. The van der Waals surface area contributed by atoms with Gasteiger partial charge < -0.3 is 25.2 Å². The lowest BCUT2D eigenvalue weighted by molar-refractivity contribution is -0.128. The number of hydrogen-bond donors (Lipinski definition) is 1. The third-order valence-corrected chi connectivity index (χ3v) is 8.12. The molecule has 1 aromatic rings. The number of nitrogens with zero attached hydrogens (tertiary/aromatic N) is 6. The van der Waals surface area contributed by atoms with Crippen LogP contribution < -0.4 is 15.5 Å². The van der Waals surface area contributed by atoms with Crippen LogP contribution in [0.25, 0.3) is 6.08 Å². The van der Waals surface area contributed by atoms with Gasteiger partial charge in [0, 0.05) is 62.6 Å². The van der Waals surface area contributed by atoms with Crippen LogP contribution >= 0.6 is 0 Å². The van der Waals surface area contributed by atoms with Gasteiger partial charge in [0.1, 0.15) is 17.1 Å². The highest BCUT2D eigenvalue weighted by atomic mass is 19.3. The number of allylic oxidation sites excluding steroid dienone is 1. The Morgan fingerprint density at radius 2 is 1.95 bits per heavy atom. The van der Waals surface area contributed by atoms with E-state index in [0.717, 1.165) is 43.2 Å². The van der Waals surface area contributed by atoms with E-state index in [1.165, 1.54) is 12.3 Å². The van der Waals surface area contributed by atoms with Gasteiger partial charge in [0.15, 0.2) is 0 Å². The Kier molecular flexibility index (Phi) is 7.73. The molecule has 210 valence electrons. The summed E-state index contributed by atoms with van der Waals surface area (Å²) in [5.74, 6) is 0.478. The van der Waals surface area contributed by atoms with Crippen LogP contribution in [0.5, 0.6) is 0 Å². The normalized spacial score (nSPS) is 22.3. The lowest BCUT2D eigenvalue weighted by Crippen LogP contribution is -2.69. The number of anilines is 2. The van der Waals surface area contributed by atoms with Gasteiger partial charge in [0.25, 0.3) is 6.43 Å². The van der Waals surface area contributed by atoms with Crippen LogP contribution in [0.3, 0.4) is 0 Å². The first-order valence-electron chi connectivity index (χ1n) is 13.5. The first-order chi connectivity index (χ1) is 18.8. The summed E-state index contributed by atoms with van der Waals surface area (Å²) in [5, 5.41) is 0. The van der Waals surface area contributed by atoms with Crippen molar-refractivity contribution in [2.45, 2.75) is 31.9 Å². The highest BCUT2D eigenvalue weighted by Crippen LogP contribution is 2.40. The highest BCUT2D eigenvalue weighted by molar-refractivity contribution is 6.08. The van der Waals surface area contributed by atoms with Gasteiger partial charge in [0.05, 0.1) is 32.0 Å². The van der Waals surface area contributed by atoms with Gasteiger partial charge in [-0.2, -0.15) is 0 Å². The average molecular weight is 542 g/mol. The molecule has 0 bridgehead atoms. The number of hydrogen-bond acceptors (Lipinski definition) is 8. The van der Waals surface area contributed by atoms with Crippen molar-refractivity contribution >= 4 is 29.2 Å². The molecule has 4 aliphatic heterocycles. The molecule has 1 spiro atoms. The lowest BCUT2D eigenvalue weighted by Gasteiger charge is -2.52. The Balaban J connectivity index is 1.34. The molecular weight excluding hydrogens is 504 g/mol. The zero-order valence-electron chi connectivity index (χ0n) is 22.7. The van der Waals surface area contributed by atoms with Crippen molar-refractivity contribution in [1.29, 1.82) is 0 Å². The van der Waals surface area contributed by atoms with Gasteiger partial charge in [-0.25, -0.2) is 13.8 Å². The van der Waals surface area contributed by atoms with Crippen LogP contribution in [0.4, 0.5) is 20.3 Å². The Morgan fingerprint density at radius 3 is 2.56 bits per heavy atom. The molecule has 1 amide bonds. The van der Waals surface area contributed by atoms with Crippen LogP contribution in [-0.2, 0) is 9.53 Å². The molecule has 2 N–H and O–H groups in total. The van der Waals surface area contributed by atoms with Crippen molar-refractivity contribution in [3.8, 4) is 0 Å². The minimum atomic E-state index is -2.71. The number of piperazine rings is 1. The molecule has 0 atom stereocenters. The van der Waals surface area contributed by atoms with Crippen LogP contribution in [0, 0.1) is 0 Å². The van der Waals surface area contributed by atoms with E-state index in [1.807, 2.05) is 29.7 Å². The van der Waals surface area contributed by atoms with Gasteiger partial charge in [-0.05, 0) is 31.7 Å². The Labute approximate surface area is 228 Å². The molecule has 11 heteroatoms. The van der Waals surface area contributed by atoms with Crippen molar-refractivity contribution in [2.75, 3.05) is 75.3 Å². The predicted octanol–water partition coefficient (Wildman–Crippen LogP) is 2.46. The van der Waals surface area contributed by atoms with Crippen LogP contribution in [-0.4, -0.2) is 104 Å². The average Bonchev–Trinajstić information content (AvgIpc) is 2.91. The number of aromatic nitrogens is 1. The number of aliphatic imine (C=N–C) groups is 1. The number of ether oxygens (including phenoxy) is 1. The summed E-state index contributed by atoms with van der Waals surface area (Å²) in [5.41, 5.74) is 7.88. The topological polar surface area (TPSA) is 90.5 Å². The van der Waals surface area contributed by atoms with Crippen molar-refractivity contribution in [3.05, 3.63) is 47.8 Å². The molecule has 9 nitrogen and oxygen atoms in total. The van der Waals surface area contributed by atoms with E-state index in [0.29, 0.717) is 56.8 Å². The molecule has 0 unspecified atom stereocenters. The number of halogens is 2. The fraction of sp³-hybridized carbons (Fsp3) is 0.536. The second-order valence-electron chi connectivity index (χ2n) is 10.5. The number of rotatable bonds is 7. The first-order valence-corrected chi connectivity index (χ1v) is 13.5. The van der Waals surface area contributed by atoms with E-state index >= 15 is 0 Å². The second kappa shape index (κ2) is 11.1. The minimum Gasteiger partial charge on any atom is -0.404 e. The van der Waals surface area contributed by atoms with Gasteiger partial charge in [-0.1, -0.05) is 18.7 Å². The fourth-order valence-electron chi connectivity index (χ4n) is 5.94. The molecule has 5 rings (SSSR count). The quantitative estimate of drug-likeness (QED) is 0.531. The smallest absolute Gasteiger partial charge is 0.281 e. The van der Waals surface area contributed by atoms with Crippen molar-refractivity contribution in [2.24, 2.45) is 10.7 Å². The van der Waals surface area contributed by atoms with Gasteiger partial charge in [-0.15, -0.1) is 0 Å². The van der Waals surface area contributed by atoms with Crippen LogP contribution in [0.2, 0.25) is 0 Å². The van der Waals surface area contributed by atoms with E-state index in [-0.39, 0.29) is 11.6 Å². The third-order valence-electron chi connectivity index (χ3n) is 8.12. The summed E-state index contributed by atoms with van der Waals surface area (Å²) in [7, 11) is 0. The minimum absolute atomic E-state index is 0.0382. The highest BCUT2D eigenvalue weighted by Gasteiger charge is 2.51. The Morgan fingerprint density at radius 1 is 1.23 bits per heavy atom. The van der Waals surface area contributed by atoms with E-state index in [9.17, 15) is 13.6 Å². The SMILES string of the molecule is C=CC(=O)N1CCN(C2CN(c3cc(N4CC5(C4)OCCN=C5/C(C)=C\N)nc(C(F)F)c3/C=C\C)C2)CC1. The summed E-state index contributed by atoms with van der Waals surface area (Å²) in [6.07, 6.45) is 3.69. The molecule has 0 radical (unpaired) electrons. The van der Waals surface area contributed by atoms with E-state index in [2.05, 4.69) is 26.4 Å². The van der Waals surface area contributed by atoms with Gasteiger partial charge >= 0.3 is 0 Å². The zero-order chi connectivity index (χ0) is 27.7. The second-order valence-corrected chi connectivity index (χ2v) is 10.5. The maximum Gasteiger partial charge on any atom is 0.281 e. The van der Waals surface area contributed by atoms with Crippen molar-refractivity contribution in [1.82, 2.24) is 14.8 Å². The molecule has 5 heterocycles. The molecule has 4 aliphatic rings. The third kappa shape index (κ3) is 5.05. The summed E-state index contributed by atoms with van der Waals surface area (Å²) in [6, 6.07) is 2.24. The van der Waals surface area contributed by atoms with Gasteiger partial charge in [-0.3, -0.25) is 14.7 Å². The predicted molar refractivity (Wildman–Crippen MR) is 149 cm³/mol. The number of amides is 1. The molecule has 3 fully saturated rings. The monoisotopic (exact) mass is 541 g/mol. The van der Waals surface area contributed by atoms with Crippen LogP contribution in [0.1, 0.15) is 31.5 Å². The number of nitrogens with two attached hydrogens (primary N) is 1. The summed E-state index contributed by atoms with van der Waals surface area (Å²) in [4.78, 5) is 29.3. The summed E-state index contributed by atoms with van der Waals surface area (Å²) in [6.45, 7) is 13.7. The Bertz CT molecular complexity index is 1190. The van der Waals surface area contributed by atoms with Crippen molar-refractivity contribution < 1.29 is 18.3 Å². The van der Waals surface area contributed by atoms with E-state index in [4.69, 9.17) is 10.5 Å². The molecule has 1 aromatic heterocycles. The van der Waals surface area contributed by atoms with Crippen LogP contribution in [0.15, 0.2) is 41.6 Å². The van der Waals surface area contributed by atoms with E-state index in [1.54, 1.807) is 12.2 Å². The molecule has 39 heavy (non-hydrogen) atoms. The molecule has 0 aliphatic carbocycles. The van der Waals surface area contributed by atoms with Gasteiger partial charge in [0.2, 0.25) is 5.91 Å². The number of alkyl halides is 2.